The monoisotopic (exact) mass is 290 g/mol. The number of aromatic nitrogens is 4. The Morgan fingerprint density at radius 1 is 1.14 bits per heavy atom. The fourth-order valence-corrected chi connectivity index (χ4v) is 2.62. The number of aromatic amines is 1. The summed E-state index contributed by atoms with van der Waals surface area (Å²) in [6.45, 7) is 3.94. The van der Waals surface area contributed by atoms with Gasteiger partial charge in [0.15, 0.2) is 0 Å². The largest absolute Gasteiger partial charge is 0.360 e. The Balaban J connectivity index is 2.03. The van der Waals surface area contributed by atoms with Gasteiger partial charge in [0.25, 0.3) is 5.56 Å². The lowest BCUT2D eigenvalue weighted by atomic mass is 10.1. The van der Waals surface area contributed by atoms with Crippen molar-refractivity contribution in [1.82, 2.24) is 19.7 Å². The molecule has 0 radical (unpaired) electrons. The van der Waals surface area contributed by atoms with Crippen molar-refractivity contribution >= 4 is 10.9 Å². The number of fused-ring (bicyclic) bond motifs is 3. The molecule has 3 heterocycles. The van der Waals surface area contributed by atoms with Gasteiger partial charge in [0.05, 0.1) is 16.8 Å². The first-order valence-corrected chi connectivity index (χ1v) is 7.07. The van der Waals surface area contributed by atoms with Gasteiger partial charge in [-0.05, 0) is 32.0 Å². The third-order valence-corrected chi connectivity index (χ3v) is 3.82. The molecule has 5 heteroatoms. The molecule has 0 aliphatic carbocycles. The van der Waals surface area contributed by atoms with Crippen LogP contribution < -0.4 is 5.56 Å². The van der Waals surface area contributed by atoms with Crippen LogP contribution in [0.1, 0.15) is 11.3 Å². The standard InChI is InChI=1S/C17H14N4O/c1-10-3-5-12(6-4-10)21-17(22)14-9-19-15-7-11(2)18-8-13(15)16(14)20-21/h3-9,19H,1-2H3. The summed E-state index contributed by atoms with van der Waals surface area (Å²) >= 11 is 0. The molecule has 1 N–H and O–H groups in total. The van der Waals surface area contributed by atoms with Crippen LogP contribution in [-0.4, -0.2) is 19.7 Å². The van der Waals surface area contributed by atoms with E-state index in [-0.39, 0.29) is 5.56 Å². The van der Waals surface area contributed by atoms with Crippen LogP contribution in [0.2, 0.25) is 0 Å². The molecular formula is C17H14N4O. The van der Waals surface area contributed by atoms with E-state index in [0.29, 0.717) is 11.3 Å². The van der Waals surface area contributed by atoms with E-state index < -0.39 is 0 Å². The summed E-state index contributed by atoms with van der Waals surface area (Å²) in [6, 6.07) is 9.69. The van der Waals surface area contributed by atoms with E-state index in [9.17, 15) is 4.79 Å². The Kier molecular flexibility index (Phi) is 2.63. The summed E-state index contributed by atoms with van der Waals surface area (Å²) in [6.07, 6.45) is 3.48. The Hall–Kier alpha value is -2.95. The highest BCUT2D eigenvalue weighted by atomic mass is 16.1. The van der Waals surface area contributed by atoms with Gasteiger partial charge in [-0.25, -0.2) is 0 Å². The molecule has 0 unspecified atom stereocenters. The Morgan fingerprint density at radius 3 is 2.68 bits per heavy atom. The van der Waals surface area contributed by atoms with Crippen LogP contribution in [-0.2, 0) is 0 Å². The molecule has 22 heavy (non-hydrogen) atoms. The fraction of sp³-hybridized carbons (Fsp3) is 0.118. The molecule has 1 aromatic heterocycles. The zero-order chi connectivity index (χ0) is 15.3. The Morgan fingerprint density at radius 2 is 1.91 bits per heavy atom. The lowest BCUT2D eigenvalue weighted by molar-refractivity contribution is 0.858. The predicted octanol–water partition coefficient (Wildman–Crippen LogP) is 2.83. The number of hydrogen-bond donors (Lipinski definition) is 1. The van der Waals surface area contributed by atoms with E-state index in [1.807, 2.05) is 44.2 Å². The second kappa shape index (κ2) is 4.53. The highest BCUT2D eigenvalue weighted by Gasteiger charge is 2.19. The second-order valence-electron chi connectivity index (χ2n) is 5.47. The highest BCUT2D eigenvalue weighted by Crippen LogP contribution is 2.25. The van der Waals surface area contributed by atoms with E-state index in [4.69, 9.17) is 0 Å². The number of aryl methyl sites for hydroxylation is 2. The van der Waals surface area contributed by atoms with Crippen LogP contribution in [0.25, 0.3) is 27.8 Å². The van der Waals surface area contributed by atoms with Crippen LogP contribution in [0, 0.1) is 13.8 Å². The van der Waals surface area contributed by atoms with Gasteiger partial charge in [-0.1, -0.05) is 17.7 Å². The summed E-state index contributed by atoms with van der Waals surface area (Å²) in [5.41, 5.74) is 4.87. The average Bonchev–Trinajstić information content (AvgIpc) is 2.85. The number of nitrogens with one attached hydrogen (secondary N) is 1. The second-order valence-corrected chi connectivity index (χ2v) is 5.47. The molecular weight excluding hydrogens is 276 g/mol. The van der Waals surface area contributed by atoms with Crippen LogP contribution in [0.3, 0.4) is 0 Å². The summed E-state index contributed by atoms with van der Waals surface area (Å²) in [7, 11) is 0. The zero-order valence-electron chi connectivity index (χ0n) is 12.3. The number of pyridine rings is 2. The molecule has 5 nitrogen and oxygen atoms in total. The third kappa shape index (κ3) is 1.83. The maximum atomic E-state index is 12.6. The number of hydrogen-bond acceptors (Lipinski definition) is 3. The first-order valence-electron chi connectivity index (χ1n) is 7.07. The van der Waals surface area contributed by atoms with Gasteiger partial charge in [-0.15, -0.1) is 0 Å². The van der Waals surface area contributed by atoms with E-state index in [1.165, 1.54) is 4.68 Å². The minimum absolute atomic E-state index is 0.127. The summed E-state index contributed by atoms with van der Waals surface area (Å²) < 4.78 is 1.44. The predicted molar refractivity (Wildman–Crippen MR) is 85.6 cm³/mol. The van der Waals surface area contributed by atoms with E-state index >= 15 is 0 Å². The number of rotatable bonds is 1. The molecule has 0 fully saturated rings. The van der Waals surface area contributed by atoms with Gasteiger partial charge < -0.3 is 4.98 Å². The summed E-state index contributed by atoms with van der Waals surface area (Å²) in [5.74, 6) is 0. The highest BCUT2D eigenvalue weighted by molar-refractivity contribution is 5.92. The minimum atomic E-state index is -0.127. The Bertz CT molecular complexity index is 1010. The third-order valence-electron chi connectivity index (χ3n) is 3.82. The maximum Gasteiger partial charge on any atom is 0.282 e. The van der Waals surface area contributed by atoms with Crippen molar-refractivity contribution < 1.29 is 0 Å². The SMILES string of the molecule is Cc1ccc(-n2nc3c4cnc(C)cc4[nH]cc-3c2=O)cc1. The number of H-pyrrole nitrogens is 1. The smallest absolute Gasteiger partial charge is 0.282 e. The van der Waals surface area contributed by atoms with Crippen molar-refractivity contribution in [1.29, 1.82) is 0 Å². The molecule has 4 rings (SSSR count). The minimum Gasteiger partial charge on any atom is -0.360 e. The first kappa shape index (κ1) is 12.8. The zero-order valence-corrected chi connectivity index (χ0v) is 12.3. The van der Waals surface area contributed by atoms with E-state index in [0.717, 1.165) is 27.8 Å². The molecule has 1 aromatic carbocycles. The molecule has 0 saturated heterocycles. The van der Waals surface area contributed by atoms with Gasteiger partial charge in [0.2, 0.25) is 0 Å². The van der Waals surface area contributed by atoms with Gasteiger partial charge in [-0.2, -0.15) is 9.78 Å². The van der Waals surface area contributed by atoms with Crippen LogP contribution in [0.15, 0.2) is 47.5 Å². The normalized spacial score (nSPS) is 11.4. The van der Waals surface area contributed by atoms with Crippen LogP contribution in [0.5, 0.6) is 0 Å². The molecule has 2 aromatic rings. The fourth-order valence-electron chi connectivity index (χ4n) is 2.62. The maximum absolute atomic E-state index is 12.6. The van der Waals surface area contributed by atoms with Crippen molar-refractivity contribution in [2.75, 3.05) is 0 Å². The quantitative estimate of drug-likeness (QED) is 0.586. The summed E-state index contributed by atoms with van der Waals surface area (Å²) in [4.78, 5) is 20.0. The van der Waals surface area contributed by atoms with Crippen molar-refractivity contribution in [3.05, 3.63) is 64.3 Å². The van der Waals surface area contributed by atoms with Gasteiger partial charge in [0.1, 0.15) is 5.69 Å². The Labute approximate surface area is 126 Å². The molecule has 2 aliphatic rings. The van der Waals surface area contributed by atoms with Crippen molar-refractivity contribution in [2.24, 2.45) is 0 Å². The number of benzene rings is 1. The molecule has 108 valence electrons. The van der Waals surface area contributed by atoms with E-state index in [2.05, 4.69) is 15.1 Å². The van der Waals surface area contributed by atoms with Crippen molar-refractivity contribution in [2.45, 2.75) is 13.8 Å². The van der Waals surface area contributed by atoms with Crippen molar-refractivity contribution in [3.8, 4) is 16.9 Å². The van der Waals surface area contributed by atoms with Crippen molar-refractivity contribution in [3.63, 3.8) is 0 Å². The lowest BCUT2D eigenvalue weighted by Crippen LogP contribution is -2.14. The summed E-state index contributed by atoms with van der Waals surface area (Å²) in [5, 5.41) is 5.37. The number of nitrogens with zero attached hydrogens (tertiary/aromatic N) is 3. The van der Waals surface area contributed by atoms with Crippen LogP contribution in [0.4, 0.5) is 0 Å². The first-order chi connectivity index (χ1) is 10.6. The average molecular weight is 290 g/mol. The molecule has 0 spiro atoms. The van der Waals surface area contributed by atoms with E-state index in [1.54, 1.807) is 12.4 Å². The molecule has 0 bridgehead atoms. The topological polar surface area (TPSA) is 63.6 Å². The molecule has 0 saturated carbocycles. The molecule has 0 amide bonds. The van der Waals surface area contributed by atoms with Crippen LogP contribution >= 0.6 is 0 Å². The van der Waals surface area contributed by atoms with Gasteiger partial charge in [-0.3, -0.25) is 9.78 Å². The lowest BCUT2D eigenvalue weighted by Gasteiger charge is -2.02. The molecule has 2 aliphatic heterocycles. The van der Waals surface area contributed by atoms with Gasteiger partial charge >= 0.3 is 0 Å². The molecule has 0 atom stereocenters. The van der Waals surface area contributed by atoms with Gasteiger partial charge in [0, 0.05) is 23.5 Å².